The first-order valence-electron chi connectivity index (χ1n) is 10.0. The molecule has 0 saturated heterocycles. The van der Waals surface area contributed by atoms with Crippen LogP contribution in [0.1, 0.15) is 43.0 Å². The number of fused-ring (bicyclic) bond motifs is 2. The molecule has 5 rings (SSSR count). The van der Waals surface area contributed by atoms with E-state index in [4.69, 9.17) is 14.6 Å². The third-order valence-corrected chi connectivity index (χ3v) is 5.98. The minimum Gasteiger partial charge on any atom is -0.494 e. The molecule has 1 aliphatic heterocycles. The van der Waals surface area contributed by atoms with Gasteiger partial charge in [-0.1, -0.05) is 12.1 Å². The smallest absolute Gasteiger partial charge is 0.494 e. The molecule has 30 heavy (non-hydrogen) atoms. The van der Waals surface area contributed by atoms with Gasteiger partial charge in [0.1, 0.15) is 0 Å². The highest BCUT2D eigenvalue weighted by atomic mass is 16.7. The van der Waals surface area contributed by atoms with Crippen molar-refractivity contribution in [3.05, 3.63) is 57.9 Å². The number of aromatic nitrogens is 1. The molecule has 1 unspecified atom stereocenters. The van der Waals surface area contributed by atoms with E-state index in [0.717, 1.165) is 30.5 Å². The van der Waals surface area contributed by atoms with Gasteiger partial charge < -0.3 is 24.5 Å². The van der Waals surface area contributed by atoms with Crippen LogP contribution in [0.5, 0.6) is 11.5 Å². The normalized spacial score (nSPS) is 17.7. The minimum atomic E-state index is -1.50. The number of rotatable bonds is 4. The molecule has 1 saturated carbocycles. The molecule has 0 spiro atoms. The second kappa shape index (κ2) is 6.88. The molecular weight excluding hydrogens is 384 g/mol. The van der Waals surface area contributed by atoms with Crippen molar-refractivity contribution in [3.8, 4) is 22.6 Å². The van der Waals surface area contributed by atoms with E-state index in [0.29, 0.717) is 22.7 Å². The number of carbonyl (C=O) groups is 1. The van der Waals surface area contributed by atoms with Gasteiger partial charge in [-0.25, -0.2) is 4.79 Å². The van der Waals surface area contributed by atoms with Crippen molar-refractivity contribution in [3.63, 3.8) is 0 Å². The van der Waals surface area contributed by atoms with Crippen molar-refractivity contribution in [2.24, 2.45) is 0 Å². The number of nitrogens with zero attached hydrogens (tertiary/aromatic N) is 1. The number of ether oxygens (including phenoxy) is 2. The number of carboxylic acid groups (broad SMARTS) is 1. The lowest BCUT2D eigenvalue weighted by atomic mass is 9.96. The van der Waals surface area contributed by atoms with E-state index >= 15 is 0 Å². The number of methoxy groups -OCH3 is 1. The zero-order valence-electron chi connectivity index (χ0n) is 16.8. The van der Waals surface area contributed by atoms with Crippen LogP contribution in [-0.2, 0) is 6.54 Å². The number of hydrogen-bond donors (Lipinski definition) is 2. The summed E-state index contributed by atoms with van der Waals surface area (Å²) in [5.74, 6) is 0.423. The average Bonchev–Trinajstić information content (AvgIpc) is 3.51. The maximum absolute atomic E-state index is 12.9. The molecule has 2 aliphatic rings. The summed E-state index contributed by atoms with van der Waals surface area (Å²) in [4.78, 5) is 23.9. The molecule has 0 amide bonds. The van der Waals surface area contributed by atoms with Crippen LogP contribution >= 0.6 is 0 Å². The third kappa shape index (κ3) is 2.93. The predicted octanol–water partition coefficient (Wildman–Crippen LogP) is 4.23. The molecule has 2 aromatic carbocycles. The molecule has 1 aliphatic carbocycles. The van der Waals surface area contributed by atoms with E-state index in [1.165, 1.54) is 17.3 Å². The highest BCUT2D eigenvalue weighted by molar-refractivity contribution is 5.94. The quantitative estimate of drug-likeness (QED) is 0.630. The highest BCUT2D eigenvalue weighted by Gasteiger charge is 2.29. The van der Waals surface area contributed by atoms with Gasteiger partial charge in [0.15, 0.2) is 11.5 Å². The van der Waals surface area contributed by atoms with E-state index < -0.39 is 11.6 Å². The Kier molecular flexibility index (Phi) is 4.29. The van der Waals surface area contributed by atoms with Crippen molar-refractivity contribution < 1.29 is 19.4 Å². The van der Waals surface area contributed by atoms with Crippen LogP contribution in [0.4, 0.5) is 4.79 Å². The molecule has 2 N–H and O–H groups in total. The van der Waals surface area contributed by atoms with Crippen LogP contribution in [0.25, 0.3) is 22.0 Å². The van der Waals surface area contributed by atoms with Gasteiger partial charge in [0.25, 0.3) is 0 Å². The van der Waals surface area contributed by atoms with Crippen molar-refractivity contribution >= 4 is 17.1 Å². The molecule has 7 heteroatoms. The third-order valence-electron chi connectivity index (χ3n) is 5.98. The molecule has 1 aromatic heterocycles. The molecule has 0 radical (unpaired) electrons. The summed E-state index contributed by atoms with van der Waals surface area (Å²) < 4.78 is 12.5. The second-order valence-electron chi connectivity index (χ2n) is 7.89. The summed E-state index contributed by atoms with van der Waals surface area (Å²) in [7, 11) is 1.60. The van der Waals surface area contributed by atoms with Gasteiger partial charge in [0, 0.05) is 24.2 Å². The Morgan fingerprint density at radius 1 is 1.23 bits per heavy atom. The zero-order valence-corrected chi connectivity index (χ0v) is 16.8. The minimum absolute atomic E-state index is 0.186. The van der Waals surface area contributed by atoms with Crippen molar-refractivity contribution in [1.29, 1.82) is 0 Å². The van der Waals surface area contributed by atoms with E-state index in [1.54, 1.807) is 13.2 Å². The fourth-order valence-electron chi connectivity index (χ4n) is 4.36. The van der Waals surface area contributed by atoms with Gasteiger partial charge in [-0.15, -0.1) is 0 Å². The van der Waals surface area contributed by atoms with E-state index in [2.05, 4.69) is 30.4 Å². The van der Waals surface area contributed by atoms with Crippen molar-refractivity contribution in [1.82, 2.24) is 9.88 Å². The zero-order chi connectivity index (χ0) is 21.0. The lowest BCUT2D eigenvalue weighted by molar-refractivity contribution is 0.143. The summed E-state index contributed by atoms with van der Waals surface area (Å²) in [6.45, 7) is 2.97. The molecule has 154 valence electrons. The van der Waals surface area contributed by atoms with Gasteiger partial charge >= 0.3 is 6.16 Å². The van der Waals surface area contributed by atoms with Crippen molar-refractivity contribution in [2.45, 2.75) is 38.4 Å². The lowest BCUT2D eigenvalue weighted by Crippen LogP contribution is -2.16. The van der Waals surface area contributed by atoms with Crippen LogP contribution in [0.15, 0.2) is 41.3 Å². The first kappa shape index (κ1) is 18.7. The molecular formula is C23H22N2O5. The fraction of sp³-hybridized carbons (Fsp3) is 0.304. The molecule has 1 atom stereocenters. The topological polar surface area (TPSA) is 89.8 Å². The fourth-order valence-corrected chi connectivity index (χ4v) is 4.36. The number of benzene rings is 2. The highest BCUT2D eigenvalue weighted by Crippen LogP contribution is 2.43. The second-order valence-corrected chi connectivity index (χ2v) is 7.89. The molecule has 2 heterocycles. The summed E-state index contributed by atoms with van der Waals surface area (Å²) >= 11 is 0. The Bertz CT molecular complexity index is 1240. The van der Waals surface area contributed by atoms with Gasteiger partial charge in [0.2, 0.25) is 5.43 Å². The van der Waals surface area contributed by atoms with Crippen LogP contribution < -0.4 is 20.2 Å². The SMILES string of the molecule is COc1c(-c2ccc3c(c2)CNC3C)ccc2c(=O)c(OC(=O)O)cn(C3CC3)c12. The van der Waals surface area contributed by atoms with Crippen molar-refractivity contribution in [2.75, 3.05) is 7.11 Å². The first-order valence-corrected chi connectivity index (χ1v) is 10.0. The Hall–Kier alpha value is -3.32. The summed E-state index contributed by atoms with van der Waals surface area (Å²) in [5, 5.41) is 12.8. The lowest BCUT2D eigenvalue weighted by Gasteiger charge is -2.18. The van der Waals surface area contributed by atoms with E-state index in [9.17, 15) is 9.59 Å². The maximum Gasteiger partial charge on any atom is 0.511 e. The van der Waals surface area contributed by atoms with Crippen LogP contribution in [-0.4, -0.2) is 22.9 Å². The monoisotopic (exact) mass is 406 g/mol. The largest absolute Gasteiger partial charge is 0.511 e. The maximum atomic E-state index is 12.9. The van der Waals surface area contributed by atoms with Gasteiger partial charge in [-0.05, 0) is 54.7 Å². The first-order chi connectivity index (χ1) is 14.5. The predicted molar refractivity (Wildman–Crippen MR) is 112 cm³/mol. The Balaban J connectivity index is 1.75. The number of nitrogens with one attached hydrogen (secondary N) is 1. The van der Waals surface area contributed by atoms with Crippen LogP contribution in [0.3, 0.4) is 0 Å². The summed E-state index contributed by atoms with van der Waals surface area (Å²) in [6.07, 6.45) is 1.91. The average molecular weight is 406 g/mol. The number of hydrogen-bond acceptors (Lipinski definition) is 5. The standard InChI is InChI=1S/C23H22N2O5/c1-12-16-6-3-13(9-14(16)10-24-12)17-7-8-18-20(22(17)29-2)25(15-4-5-15)11-19(21(18)26)30-23(27)28/h3,6-9,11-12,15,24H,4-5,10H2,1-2H3,(H,27,28). The Morgan fingerprint density at radius 2 is 2.03 bits per heavy atom. The van der Waals surface area contributed by atoms with Crippen LogP contribution in [0, 0.1) is 0 Å². The Morgan fingerprint density at radius 3 is 2.73 bits per heavy atom. The van der Waals surface area contributed by atoms with Gasteiger partial charge in [-0.2, -0.15) is 0 Å². The molecule has 7 nitrogen and oxygen atoms in total. The summed E-state index contributed by atoms with van der Waals surface area (Å²) in [5.41, 5.74) is 4.68. The van der Waals surface area contributed by atoms with Gasteiger partial charge in [0.05, 0.1) is 24.2 Å². The van der Waals surface area contributed by atoms with Gasteiger partial charge in [-0.3, -0.25) is 4.79 Å². The van der Waals surface area contributed by atoms with Crippen LogP contribution in [0.2, 0.25) is 0 Å². The van der Waals surface area contributed by atoms with E-state index in [1.807, 2.05) is 10.6 Å². The Labute approximate surface area is 172 Å². The van der Waals surface area contributed by atoms with E-state index in [-0.39, 0.29) is 11.8 Å². The molecule has 3 aromatic rings. The molecule has 0 bridgehead atoms. The number of pyridine rings is 1. The summed E-state index contributed by atoms with van der Waals surface area (Å²) in [6, 6.07) is 10.5. The molecule has 1 fully saturated rings.